The normalized spacial score (nSPS) is 30.8. The Morgan fingerprint density at radius 2 is 2.00 bits per heavy atom. The van der Waals surface area contributed by atoms with E-state index in [4.69, 9.17) is 26.4 Å². The summed E-state index contributed by atoms with van der Waals surface area (Å²) in [6, 6.07) is 0.502. The summed E-state index contributed by atoms with van der Waals surface area (Å²) in [6.07, 6.45) is 4.47. The molecule has 0 bridgehead atoms. The lowest BCUT2D eigenvalue weighted by Crippen LogP contribution is -2.38. The molecule has 5 rings (SSSR count). The van der Waals surface area contributed by atoms with Gasteiger partial charge < -0.3 is 35.1 Å². The van der Waals surface area contributed by atoms with Gasteiger partial charge in [0.2, 0.25) is 0 Å². The molecule has 2 aliphatic heterocycles. The average Bonchev–Trinajstić information content (AvgIpc) is 3.58. The average molecular weight is 465 g/mol. The lowest BCUT2D eigenvalue weighted by atomic mass is 10.1. The highest BCUT2D eigenvalue weighted by molar-refractivity contribution is 7.80. The minimum absolute atomic E-state index is 0.0311. The number of nitrogens with one attached hydrogen (secondary N) is 2. The van der Waals surface area contributed by atoms with Crippen LogP contribution in [-0.4, -0.2) is 85.1 Å². The van der Waals surface area contributed by atoms with Crippen LogP contribution in [-0.2, 0) is 14.2 Å². The van der Waals surface area contributed by atoms with Gasteiger partial charge in [-0.05, 0) is 31.5 Å². The van der Waals surface area contributed by atoms with Crippen LogP contribution < -0.4 is 10.6 Å². The van der Waals surface area contributed by atoms with E-state index in [9.17, 15) is 10.2 Å². The topological polar surface area (TPSA) is 136 Å². The maximum Gasteiger partial charge on any atom is 0.256 e. The first-order chi connectivity index (χ1) is 15.6. The Morgan fingerprint density at radius 3 is 2.78 bits per heavy atom. The van der Waals surface area contributed by atoms with Crippen LogP contribution >= 0.6 is 12.2 Å². The second kappa shape index (κ2) is 9.40. The van der Waals surface area contributed by atoms with Gasteiger partial charge in [-0.15, -0.1) is 0 Å². The van der Waals surface area contributed by atoms with E-state index in [0.29, 0.717) is 36.2 Å². The zero-order chi connectivity index (χ0) is 22.1. The number of fused-ring (bicyclic) bond motifs is 1. The molecule has 0 amide bonds. The van der Waals surface area contributed by atoms with E-state index in [1.165, 1.54) is 25.5 Å². The van der Waals surface area contributed by atoms with Crippen LogP contribution in [0.15, 0.2) is 12.7 Å². The number of rotatable bonds is 6. The number of imidazole rings is 1. The summed E-state index contributed by atoms with van der Waals surface area (Å²) in [5.74, 6) is 0.598. The van der Waals surface area contributed by atoms with Gasteiger partial charge in [-0.2, -0.15) is 0 Å². The standard InChI is InChI=1S/C20H28N6O5S/c27-15-13(8-30-20(32)25-11-3-1-2-4-11)31-19(16(15)28)26-10-23-14-17(21-9-22-18(14)26)24-12-5-6-29-7-12/h9-13,15-16,19,27-28H,1-8H2,(H,25,32)(H,21,22,24). The van der Waals surface area contributed by atoms with E-state index in [-0.39, 0.29) is 17.8 Å². The molecular weight excluding hydrogens is 436 g/mol. The van der Waals surface area contributed by atoms with Crippen LogP contribution in [0.5, 0.6) is 0 Å². The summed E-state index contributed by atoms with van der Waals surface area (Å²) in [5, 5.41) is 28.0. The molecule has 32 heavy (non-hydrogen) atoms. The molecular formula is C20H28N6O5S. The molecule has 5 atom stereocenters. The third-order valence-corrected chi connectivity index (χ3v) is 6.53. The number of anilines is 1. The van der Waals surface area contributed by atoms with E-state index < -0.39 is 24.5 Å². The molecule has 174 valence electrons. The van der Waals surface area contributed by atoms with Gasteiger partial charge in [-0.3, -0.25) is 4.57 Å². The molecule has 4 N–H and O–H groups in total. The highest BCUT2D eigenvalue weighted by Crippen LogP contribution is 2.32. The highest BCUT2D eigenvalue weighted by Gasteiger charge is 2.45. The van der Waals surface area contributed by atoms with Crippen molar-refractivity contribution in [3.63, 3.8) is 0 Å². The van der Waals surface area contributed by atoms with Crippen molar-refractivity contribution in [3.05, 3.63) is 12.7 Å². The molecule has 2 saturated heterocycles. The van der Waals surface area contributed by atoms with Crippen LogP contribution in [0.2, 0.25) is 0 Å². The van der Waals surface area contributed by atoms with Crippen molar-refractivity contribution in [2.24, 2.45) is 0 Å². The van der Waals surface area contributed by atoms with Crippen molar-refractivity contribution in [2.75, 3.05) is 25.1 Å². The van der Waals surface area contributed by atoms with Crippen LogP contribution in [0.1, 0.15) is 38.3 Å². The lowest BCUT2D eigenvalue weighted by molar-refractivity contribution is -0.0492. The van der Waals surface area contributed by atoms with Gasteiger partial charge in [0.05, 0.1) is 19.0 Å². The van der Waals surface area contributed by atoms with Crippen molar-refractivity contribution in [3.8, 4) is 0 Å². The fraction of sp³-hybridized carbons (Fsp3) is 0.700. The molecule has 2 aromatic heterocycles. The third kappa shape index (κ3) is 4.37. The maximum absolute atomic E-state index is 10.7. The smallest absolute Gasteiger partial charge is 0.256 e. The summed E-state index contributed by atoms with van der Waals surface area (Å²) in [7, 11) is 0. The first-order valence-electron chi connectivity index (χ1n) is 11.1. The molecule has 0 aromatic carbocycles. The van der Waals surface area contributed by atoms with Crippen molar-refractivity contribution in [1.29, 1.82) is 0 Å². The second-order valence-corrected chi connectivity index (χ2v) is 8.89. The van der Waals surface area contributed by atoms with Crippen LogP contribution in [0.4, 0.5) is 5.82 Å². The molecule has 1 saturated carbocycles. The summed E-state index contributed by atoms with van der Waals surface area (Å²) < 4.78 is 18.6. The predicted molar refractivity (Wildman–Crippen MR) is 118 cm³/mol. The molecule has 5 unspecified atom stereocenters. The number of thiocarbonyl (C=S) groups is 1. The molecule has 3 fully saturated rings. The minimum atomic E-state index is -1.17. The van der Waals surface area contributed by atoms with E-state index in [2.05, 4.69) is 25.6 Å². The summed E-state index contributed by atoms with van der Waals surface area (Å²) in [6.45, 7) is 1.36. The van der Waals surface area contributed by atoms with Gasteiger partial charge in [-0.1, -0.05) is 12.8 Å². The van der Waals surface area contributed by atoms with Gasteiger partial charge >= 0.3 is 0 Å². The summed E-state index contributed by atoms with van der Waals surface area (Å²) in [4.78, 5) is 13.0. The van der Waals surface area contributed by atoms with E-state index >= 15 is 0 Å². The third-order valence-electron chi connectivity index (χ3n) is 6.30. The minimum Gasteiger partial charge on any atom is -0.468 e. The Balaban J connectivity index is 1.25. The molecule has 12 heteroatoms. The summed E-state index contributed by atoms with van der Waals surface area (Å²) >= 11 is 5.26. The number of aromatic nitrogens is 4. The largest absolute Gasteiger partial charge is 0.468 e. The van der Waals surface area contributed by atoms with Crippen LogP contribution in [0, 0.1) is 0 Å². The Hall–Kier alpha value is -2.12. The Labute approximate surface area is 190 Å². The second-order valence-electron chi connectivity index (χ2n) is 8.52. The Bertz CT molecular complexity index is 948. The lowest BCUT2D eigenvalue weighted by Gasteiger charge is -2.18. The molecule has 4 heterocycles. The van der Waals surface area contributed by atoms with Gasteiger partial charge in [0, 0.05) is 12.6 Å². The van der Waals surface area contributed by atoms with Crippen molar-refractivity contribution < 1.29 is 24.4 Å². The molecule has 1 aliphatic carbocycles. The molecule has 2 aromatic rings. The van der Waals surface area contributed by atoms with E-state index in [1.807, 2.05) is 0 Å². The fourth-order valence-electron chi connectivity index (χ4n) is 4.52. The van der Waals surface area contributed by atoms with Gasteiger partial charge in [0.1, 0.15) is 31.2 Å². The quantitative estimate of drug-likeness (QED) is 0.444. The molecule has 0 radical (unpaired) electrons. The molecule has 3 aliphatic rings. The van der Waals surface area contributed by atoms with Gasteiger partial charge in [0.25, 0.3) is 5.17 Å². The van der Waals surface area contributed by atoms with Crippen molar-refractivity contribution >= 4 is 34.4 Å². The number of aliphatic hydroxyl groups is 2. The number of hydrogen-bond acceptors (Lipinski definition) is 10. The van der Waals surface area contributed by atoms with E-state index in [1.54, 1.807) is 4.57 Å². The number of nitrogens with zero attached hydrogens (tertiary/aromatic N) is 4. The Kier molecular flexibility index (Phi) is 6.37. The van der Waals surface area contributed by atoms with Crippen molar-refractivity contribution in [2.45, 2.75) is 68.7 Å². The van der Waals surface area contributed by atoms with Crippen LogP contribution in [0.25, 0.3) is 11.2 Å². The first kappa shape index (κ1) is 21.7. The monoisotopic (exact) mass is 464 g/mol. The highest BCUT2D eigenvalue weighted by atomic mass is 32.1. The number of ether oxygens (including phenoxy) is 3. The Morgan fingerprint density at radius 1 is 1.16 bits per heavy atom. The predicted octanol–water partition coefficient (Wildman–Crippen LogP) is 0.480. The zero-order valence-corrected chi connectivity index (χ0v) is 18.4. The van der Waals surface area contributed by atoms with Gasteiger partial charge in [-0.25, -0.2) is 15.0 Å². The molecule has 11 nitrogen and oxygen atoms in total. The summed E-state index contributed by atoms with van der Waals surface area (Å²) in [5.41, 5.74) is 1.06. The SMILES string of the molecule is OC1C(COC(=S)NC2CCCC2)OC(n2cnc3c(NC4CCOC4)ncnc32)C1O. The number of aliphatic hydroxyl groups excluding tert-OH is 2. The maximum atomic E-state index is 10.7. The molecule has 0 spiro atoms. The fourth-order valence-corrected chi connectivity index (χ4v) is 4.75. The zero-order valence-electron chi connectivity index (χ0n) is 17.6. The van der Waals surface area contributed by atoms with E-state index in [0.717, 1.165) is 19.3 Å². The van der Waals surface area contributed by atoms with Crippen molar-refractivity contribution in [1.82, 2.24) is 24.8 Å². The van der Waals surface area contributed by atoms with Gasteiger partial charge in [0.15, 0.2) is 23.2 Å². The number of hydrogen-bond donors (Lipinski definition) is 4. The first-order valence-corrected chi connectivity index (χ1v) is 11.5. The van der Waals surface area contributed by atoms with Crippen LogP contribution in [0.3, 0.4) is 0 Å².